The van der Waals surface area contributed by atoms with Gasteiger partial charge >= 0.3 is 0 Å². The zero-order valence-electron chi connectivity index (χ0n) is 12.2. The third-order valence-corrected chi connectivity index (χ3v) is 4.25. The third kappa shape index (κ3) is 3.37. The molecule has 1 heterocycles. The van der Waals surface area contributed by atoms with Crippen molar-refractivity contribution in [2.24, 2.45) is 0 Å². The molecular formula is C17H12F2N2OS. The molecule has 0 bridgehead atoms. The minimum Gasteiger partial charge on any atom is -0.293 e. The number of Topliss-reactive ketones (excluding diaryl/α,β-unsaturated/α-hetero) is 1. The Bertz CT molecular complexity index is 899. The first-order valence-corrected chi connectivity index (χ1v) is 7.87. The maximum Gasteiger partial charge on any atom is 0.173 e. The maximum absolute atomic E-state index is 13.2. The summed E-state index contributed by atoms with van der Waals surface area (Å²) in [6, 6.07) is 10.7. The lowest BCUT2D eigenvalue weighted by atomic mass is 10.1. The number of benzene rings is 2. The normalized spacial score (nSPS) is 10.9. The number of nitrogens with zero attached hydrogens (tertiary/aromatic N) is 2. The standard InChI is InChI=1S/C17H12F2N2OS/c1-10-20-15-5-3-2-4-12(15)17(21-10)23-9-16(22)11-6-7-13(18)14(19)8-11/h2-8H,9H2,1H3. The van der Waals surface area contributed by atoms with Crippen LogP contribution in [0.1, 0.15) is 16.2 Å². The first kappa shape index (κ1) is 15.6. The van der Waals surface area contributed by atoms with Gasteiger partial charge in [-0.1, -0.05) is 30.0 Å². The molecule has 3 aromatic rings. The van der Waals surface area contributed by atoms with E-state index in [0.29, 0.717) is 10.9 Å². The first-order chi connectivity index (χ1) is 11.0. The average molecular weight is 330 g/mol. The summed E-state index contributed by atoms with van der Waals surface area (Å²) in [5.74, 6) is -1.57. The zero-order valence-corrected chi connectivity index (χ0v) is 13.0. The molecule has 0 aliphatic rings. The molecule has 0 saturated carbocycles. The Morgan fingerprint density at radius 3 is 2.65 bits per heavy atom. The molecule has 0 aliphatic heterocycles. The van der Waals surface area contributed by atoms with Crippen LogP contribution < -0.4 is 0 Å². The number of aromatic nitrogens is 2. The highest BCUT2D eigenvalue weighted by Crippen LogP contribution is 2.26. The predicted molar refractivity (Wildman–Crippen MR) is 85.7 cm³/mol. The number of hydrogen-bond donors (Lipinski definition) is 0. The first-order valence-electron chi connectivity index (χ1n) is 6.89. The minimum atomic E-state index is -1.02. The van der Waals surface area contributed by atoms with E-state index >= 15 is 0 Å². The fraction of sp³-hybridized carbons (Fsp3) is 0.118. The number of aryl methyl sites for hydroxylation is 1. The fourth-order valence-corrected chi connectivity index (χ4v) is 3.11. The van der Waals surface area contributed by atoms with Crippen molar-refractivity contribution in [2.75, 3.05) is 5.75 Å². The maximum atomic E-state index is 13.2. The SMILES string of the molecule is Cc1nc(SCC(=O)c2ccc(F)c(F)c2)c2ccccc2n1. The summed E-state index contributed by atoms with van der Waals surface area (Å²) in [7, 11) is 0. The molecule has 0 unspecified atom stereocenters. The van der Waals surface area contributed by atoms with Gasteiger partial charge in [0.2, 0.25) is 0 Å². The fourth-order valence-electron chi connectivity index (χ4n) is 2.16. The molecule has 0 atom stereocenters. The molecule has 0 saturated heterocycles. The molecule has 3 rings (SSSR count). The van der Waals surface area contributed by atoms with Gasteiger partial charge in [0, 0.05) is 10.9 Å². The quantitative estimate of drug-likeness (QED) is 0.409. The number of carbonyl (C=O) groups excluding carboxylic acids is 1. The van der Waals surface area contributed by atoms with Crippen molar-refractivity contribution >= 4 is 28.4 Å². The molecule has 0 aliphatic carbocycles. The van der Waals surface area contributed by atoms with Crippen LogP contribution in [0.25, 0.3) is 10.9 Å². The van der Waals surface area contributed by atoms with Gasteiger partial charge in [-0.15, -0.1) is 0 Å². The second-order valence-corrected chi connectivity index (χ2v) is 5.90. The number of fused-ring (bicyclic) bond motifs is 1. The van der Waals surface area contributed by atoms with Crippen molar-refractivity contribution in [2.45, 2.75) is 11.9 Å². The summed E-state index contributed by atoms with van der Waals surface area (Å²) in [4.78, 5) is 20.9. The van der Waals surface area contributed by atoms with Gasteiger partial charge in [0.05, 0.1) is 11.3 Å². The lowest BCUT2D eigenvalue weighted by Gasteiger charge is -2.06. The Labute approximate surface area is 135 Å². The summed E-state index contributed by atoms with van der Waals surface area (Å²) in [5.41, 5.74) is 0.953. The van der Waals surface area contributed by atoms with Gasteiger partial charge in [0.25, 0.3) is 0 Å². The van der Waals surface area contributed by atoms with E-state index in [-0.39, 0.29) is 17.1 Å². The third-order valence-electron chi connectivity index (χ3n) is 3.26. The summed E-state index contributed by atoms with van der Waals surface area (Å²) in [5, 5.41) is 1.56. The lowest BCUT2D eigenvalue weighted by molar-refractivity contribution is 0.102. The second kappa shape index (κ2) is 6.42. The molecule has 0 spiro atoms. The molecule has 0 N–H and O–H groups in total. The van der Waals surface area contributed by atoms with Crippen molar-refractivity contribution in [1.29, 1.82) is 0 Å². The van der Waals surface area contributed by atoms with E-state index in [1.54, 1.807) is 6.92 Å². The van der Waals surface area contributed by atoms with E-state index < -0.39 is 11.6 Å². The van der Waals surface area contributed by atoms with E-state index in [9.17, 15) is 13.6 Å². The number of carbonyl (C=O) groups is 1. The summed E-state index contributed by atoms with van der Waals surface area (Å²) < 4.78 is 26.1. The van der Waals surface area contributed by atoms with Crippen molar-refractivity contribution in [3.8, 4) is 0 Å². The largest absolute Gasteiger partial charge is 0.293 e. The van der Waals surface area contributed by atoms with Crippen molar-refractivity contribution in [3.63, 3.8) is 0 Å². The molecule has 0 amide bonds. The summed E-state index contributed by atoms with van der Waals surface area (Å²) in [6.07, 6.45) is 0. The van der Waals surface area contributed by atoms with Crippen LogP contribution in [0.15, 0.2) is 47.5 Å². The van der Waals surface area contributed by atoms with Crippen LogP contribution in [-0.4, -0.2) is 21.5 Å². The molecule has 1 aromatic heterocycles. The molecule has 116 valence electrons. The van der Waals surface area contributed by atoms with Crippen LogP contribution >= 0.6 is 11.8 Å². The van der Waals surface area contributed by atoms with Crippen LogP contribution in [0.2, 0.25) is 0 Å². The molecule has 3 nitrogen and oxygen atoms in total. The van der Waals surface area contributed by atoms with Crippen LogP contribution in [0.5, 0.6) is 0 Å². The van der Waals surface area contributed by atoms with Crippen LogP contribution in [-0.2, 0) is 0 Å². The highest BCUT2D eigenvalue weighted by Gasteiger charge is 2.12. The second-order valence-electron chi connectivity index (χ2n) is 4.93. The molecule has 0 radical (unpaired) electrons. The Hall–Kier alpha value is -2.34. The summed E-state index contributed by atoms with van der Waals surface area (Å²) in [6.45, 7) is 1.79. The number of para-hydroxylation sites is 1. The number of hydrogen-bond acceptors (Lipinski definition) is 4. The van der Waals surface area contributed by atoms with E-state index in [2.05, 4.69) is 9.97 Å². The van der Waals surface area contributed by atoms with Crippen molar-refractivity contribution < 1.29 is 13.6 Å². The average Bonchev–Trinajstić information content (AvgIpc) is 2.54. The number of halogens is 2. The van der Waals surface area contributed by atoms with Crippen molar-refractivity contribution in [3.05, 3.63) is 65.5 Å². The summed E-state index contributed by atoms with van der Waals surface area (Å²) >= 11 is 1.26. The van der Waals surface area contributed by atoms with Crippen LogP contribution in [0.4, 0.5) is 8.78 Å². The zero-order chi connectivity index (χ0) is 16.4. The predicted octanol–water partition coefficient (Wildman–Crippen LogP) is 4.19. The molecule has 0 fully saturated rings. The minimum absolute atomic E-state index is 0.0888. The van der Waals surface area contributed by atoms with E-state index in [1.807, 2.05) is 24.3 Å². The van der Waals surface area contributed by atoms with Crippen LogP contribution in [0.3, 0.4) is 0 Å². The highest BCUT2D eigenvalue weighted by molar-refractivity contribution is 8.00. The van der Waals surface area contributed by atoms with E-state index in [0.717, 1.165) is 23.0 Å². The number of ketones is 1. The van der Waals surface area contributed by atoms with Gasteiger partial charge in [-0.3, -0.25) is 4.79 Å². The van der Waals surface area contributed by atoms with E-state index in [1.165, 1.54) is 17.8 Å². The topological polar surface area (TPSA) is 42.9 Å². The Balaban J connectivity index is 1.83. The van der Waals surface area contributed by atoms with Gasteiger partial charge in [-0.05, 0) is 31.2 Å². The van der Waals surface area contributed by atoms with Gasteiger partial charge < -0.3 is 0 Å². The molecule has 2 aromatic carbocycles. The smallest absolute Gasteiger partial charge is 0.173 e. The Morgan fingerprint density at radius 2 is 1.87 bits per heavy atom. The van der Waals surface area contributed by atoms with E-state index in [4.69, 9.17) is 0 Å². The number of thioether (sulfide) groups is 1. The Morgan fingerprint density at radius 1 is 1.09 bits per heavy atom. The molecule has 6 heteroatoms. The van der Waals surface area contributed by atoms with Gasteiger partial charge in [-0.25, -0.2) is 18.7 Å². The highest BCUT2D eigenvalue weighted by atomic mass is 32.2. The molecule has 23 heavy (non-hydrogen) atoms. The van der Waals surface area contributed by atoms with Gasteiger partial charge in [0.15, 0.2) is 17.4 Å². The monoisotopic (exact) mass is 330 g/mol. The van der Waals surface area contributed by atoms with Crippen molar-refractivity contribution in [1.82, 2.24) is 9.97 Å². The van der Waals surface area contributed by atoms with Gasteiger partial charge in [-0.2, -0.15) is 0 Å². The molecular weight excluding hydrogens is 318 g/mol. The van der Waals surface area contributed by atoms with Gasteiger partial charge in [0.1, 0.15) is 10.9 Å². The number of rotatable bonds is 4. The Kier molecular flexibility index (Phi) is 4.34. The lowest BCUT2D eigenvalue weighted by Crippen LogP contribution is -2.04. The van der Waals surface area contributed by atoms with Crippen LogP contribution in [0, 0.1) is 18.6 Å².